The highest BCUT2D eigenvalue weighted by molar-refractivity contribution is 5.90. The van der Waals surface area contributed by atoms with Gasteiger partial charge in [-0.25, -0.2) is 4.98 Å². The highest BCUT2D eigenvalue weighted by Crippen LogP contribution is 2.27. The summed E-state index contributed by atoms with van der Waals surface area (Å²) in [5, 5.41) is 6.14. The first-order chi connectivity index (χ1) is 9.13. The largest absolute Gasteiger partial charge is 0.368 e. The molecule has 104 valence electrons. The number of nitrogens with one attached hydrogen (secondary N) is 2. The maximum atomic E-state index is 11.9. The molecule has 0 bridgehead atoms. The van der Waals surface area contributed by atoms with Crippen LogP contribution in [0.2, 0.25) is 0 Å². The molecule has 0 spiro atoms. The van der Waals surface area contributed by atoms with E-state index in [1.807, 2.05) is 12.1 Å². The average molecular weight is 261 g/mol. The van der Waals surface area contributed by atoms with Crippen LogP contribution in [-0.4, -0.2) is 16.9 Å². The molecular formula is C15H23N3O. The van der Waals surface area contributed by atoms with E-state index in [0.29, 0.717) is 18.4 Å². The van der Waals surface area contributed by atoms with E-state index in [9.17, 15) is 4.79 Å². The Morgan fingerprint density at radius 2 is 2.11 bits per heavy atom. The molecule has 0 saturated heterocycles. The van der Waals surface area contributed by atoms with Gasteiger partial charge in [-0.05, 0) is 44.7 Å². The van der Waals surface area contributed by atoms with Crippen molar-refractivity contribution in [3.63, 3.8) is 0 Å². The molecule has 1 heterocycles. The fourth-order valence-electron chi connectivity index (χ4n) is 2.54. The summed E-state index contributed by atoms with van der Waals surface area (Å²) in [6.07, 6.45) is 7.29. The van der Waals surface area contributed by atoms with Gasteiger partial charge in [0.05, 0.1) is 11.9 Å². The van der Waals surface area contributed by atoms with E-state index in [1.165, 1.54) is 25.7 Å². The van der Waals surface area contributed by atoms with Crippen LogP contribution in [0.3, 0.4) is 0 Å². The van der Waals surface area contributed by atoms with Crippen molar-refractivity contribution in [3.05, 3.63) is 18.3 Å². The summed E-state index contributed by atoms with van der Waals surface area (Å²) in [6, 6.07) is 4.14. The third-order valence-corrected chi connectivity index (χ3v) is 3.43. The van der Waals surface area contributed by atoms with Crippen molar-refractivity contribution in [3.8, 4) is 0 Å². The Morgan fingerprint density at radius 1 is 1.37 bits per heavy atom. The zero-order valence-electron chi connectivity index (χ0n) is 11.8. The number of nitrogens with zero attached hydrogens (tertiary/aromatic N) is 1. The van der Waals surface area contributed by atoms with Crippen molar-refractivity contribution in [2.75, 3.05) is 10.6 Å². The molecule has 4 nitrogen and oxygen atoms in total. The van der Waals surface area contributed by atoms with Crippen LogP contribution in [0.1, 0.15) is 46.0 Å². The predicted octanol–water partition coefficient (Wildman–Crippen LogP) is 3.42. The molecule has 1 amide bonds. The lowest BCUT2D eigenvalue weighted by atomic mass is 10.0. The van der Waals surface area contributed by atoms with Crippen LogP contribution in [0.15, 0.2) is 18.3 Å². The molecule has 4 heteroatoms. The molecule has 19 heavy (non-hydrogen) atoms. The monoisotopic (exact) mass is 261 g/mol. The number of hydrogen-bond donors (Lipinski definition) is 2. The van der Waals surface area contributed by atoms with Gasteiger partial charge < -0.3 is 10.6 Å². The van der Waals surface area contributed by atoms with Gasteiger partial charge in [0, 0.05) is 12.5 Å². The Morgan fingerprint density at radius 3 is 2.68 bits per heavy atom. The number of rotatable bonds is 5. The highest BCUT2D eigenvalue weighted by Gasteiger charge is 2.18. The van der Waals surface area contributed by atoms with E-state index in [-0.39, 0.29) is 5.91 Å². The number of carbonyl (C=O) groups is 1. The summed E-state index contributed by atoms with van der Waals surface area (Å²) < 4.78 is 0. The normalized spacial score (nSPS) is 15.7. The Bertz CT molecular complexity index is 408. The molecule has 0 aromatic carbocycles. The maximum Gasteiger partial charge on any atom is 0.224 e. The minimum atomic E-state index is 0.110. The molecule has 2 rings (SSSR count). The molecule has 0 aliphatic heterocycles. The second-order valence-electron chi connectivity index (χ2n) is 5.63. The van der Waals surface area contributed by atoms with E-state index in [0.717, 1.165) is 11.5 Å². The second-order valence-corrected chi connectivity index (χ2v) is 5.63. The van der Waals surface area contributed by atoms with Crippen LogP contribution in [0.4, 0.5) is 11.5 Å². The molecule has 1 saturated carbocycles. The van der Waals surface area contributed by atoms with Crippen molar-refractivity contribution in [2.24, 2.45) is 5.92 Å². The molecule has 1 aliphatic carbocycles. The molecule has 0 unspecified atom stereocenters. The predicted molar refractivity (Wildman–Crippen MR) is 78.2 cm³/mol. The van der Waals surface area contributed by atoms with E-state index < -0.39 is 0 Å². The smallest absolute Gasteiger partial charge is 0.224 e. The summed E-state index contributed by atoms with van der Waals surface area (Å²) in [6.45, 7) is 4.14. The van der Waals surface area contributed by atoms with Crippen LogP contribution in [0.25, 0.3) is 0 Å². The van der Waals surface area contributed by atoms with Gasteiger partial charge in [0.1, 0.15) is 5.82 Å². The first-order valence-corrected chi connectivity index (χ1v) is 7.16. The van der Waals surface area contributed by atoms with Crippen molar-refractivity contribution < 1.29 is 4.79 Å². The van der Waals surface area contributed by atoms with E-state index in [1.54, 1.807) is 6.20 Å². The first kappa shape index (κ1) is 13.8. The molecule has 2 N–H and O–H groups in total. The van der Waals surface area contributed by atoms with E-state index >= 15 is 0 Å². The summed E-state index contributed by atoms with van der Waals surface area (Å²) in [5.74, 6) is 1.52. The third-order valence-electron chi connectivity index (χ3n) is 3.43. The number of amides is 1. The van der Waals surface area contributed by atoms with Gasteiger partial charge in [0.15, 0.2) is 0 Å². The Kier molecular flexibility index (Phi) is 4.77. The Balaban J connectivity index is 1.82. The van der Waals surface area contributed by atoms with Crippen molar-refractivity contribution in [2.45, 2.75) is 52.0 Å². The topological polar surface area (TPSA) is 54.0 Å². The minimum absolute atomic E-state index is 0.110. The van der Waals surface area contributed by atoms with Gasteiger partial charge in [-0.2, -0.15) is 0 Å². The summed E-state index contributed by atoms with van der Waals surface area (Å²) >= 11 is 0. The molecule has 0 radical (unpaired) electrons. The lowest BCUT2D eigenvalue weighted by molar-refractivity contribution is -0.117. The van der Waals surface area contributed by atoms with Crippen LogP contribution in [-0.2, 0) is 4.79 Å². The second kappa shape index (κ2) is 6.55. The number of carbonyl (C=O) groups excluding carboxylic acids is 1. The summed E-state index contributed by atoms with van der Waals surface area (Å²) in [7, 11) is 0. The van der Waals surface area contributed by atoms with E-state index in [2.05, 4.69) is 29.5 Å². The van der Waals surface area contributed by atoms with Gasteiger partial charge in [-0.15, -0.1) is 0 Å². The molecule has 0 atom stereocenters. The quantitative estimate of drug-likeness (QED) is 0.854. The highest BCUT2D eigenvalue weighted by atomic mass is 16.1. The van der Waals surface area contributed by atoms with Crippen molar-refractivity contribution in [1.82, 2.24) is 4.98 Å². The van der Waals surface area contributed by atoms with Gasteiger partial charge in [-0.1, -0.05) is 12.8 Å². The maximum absolute atomic E-state index is 11.9. The molecular weight excluding hydrogens is 238 g/mol. The molecule has 1 aliphatic rings. The number of aromatic nitrogens is 1. The number of anilines is 2. The van der Waals surface area contributed by atoms with Gasteiger partial charge in [0.25, 0.3) is 0 Å². The Hall–Kier alpha value is -1.58. The van der Waals surface area contributed by atoms with Crippen molar-refractivity contribution >= 4 is 17.4 Å². The number of pyridine rings is 1. The SMILES string of the molecule is CC(C)Nc1ccc(NC(=O)CC2CCCC2)cn1. The van der Waals surface area contributed by atoms with Gasteiger partial charge in [-0.3, -0.25) is 4.79 Å². The number of hydrogen-bond acceptors (Lipinski definition) is 3. The molecule has 1 aromatic rings. The van der Waals surface area contributed by atoms with Gasteiger partial charge in [0.2, 0.25) is 5.91 Å². The van der Waals surface area contributed by atoms with Crippen LogP contribution in [0, 0.1) is 5.92 Å². The van der Waals surface area contributed by atoms with Gasteiger partial charge >= 0.3 is 0 Å². The zero-order valence-corrected chi connectivity index (χ0v) is 11.8. The minimum Gasteiger partial charge on any atom is -0.368 e. The average Bonchev–Trinajstić information content (AvgIpc) is 2.83. The van der Waals surface area contributed by atoms with Crippen molar-refractivity contribution in [1.29, 1.82) is 0 Å². The standard InChI is InChI=1S/C15H23N3O/c1-11(2)17-14-8-7-13(10-16-14)18-15(19)9-12-5-3-4-6-12/h7-8,10-12H,3-6,9H2,1-2H3,(H,16,17)(H,18,19). The first-order valence-electron chi connectivity index (χ1n) is 7.16. The molecule has 1 aromatic heterocycles. The zero-order chi connectivity index (χ0) is 13.7. The molecule has 1 fully saturated rings. The van der Waals surface area contributed by atoms with E-state index in [4.69, 9.17) is 0 Å². The van der Waals surface area contributed by atoms with Crippen LogP contribution < -0.4 is 10.6 Å². The van der Waals surface area contributed by atoms with Crippen LogP contribution >= 0.6 is 0 Å². The fourth-order valence-corrected chi connectivity index (χ4v) is 2.54. The summed E-state index contributed by atoms with van der Waals surface area (Å²) in [5.41, 5.74) is 0.775. The third kappa shape index (κ3) is 4.54. The lowest BCUT2D eigenvalue weighted by Crippen LogP contribution is -2.15. The fraction of sp³-hybridized carbons (Fsp3) is 0.600. The Labute approximate surface area is 115 Å². The summed E-state index contributed by atoms with van der Waals surface area (Å²) in [4.78, 5) is 16.2. The van der Waals surface area contributed by atoms with Crippen LogP contribution in [0.5, 0.6) is 0 Å². The lowest BCUT2D eigenvalue weighted by Gasteiger charge is -2.11.